The van der Waals surface area contributed by atoms with Crippen molar-refractivity contribution in [2.45, 2.75) is 38.5 Å². The molecule has 0 aliphatic carbocycles. The van der Waals surface area contributed by atoms with Crippen molar-refractivity contribution in [2.24, 2.45) is 0 Å². The highest BCUT2D eigenvalue weighted by molar-refractivity contribution is 5.73. The smallest absolute Gasteiger partial charge is 0.314 e. The molecule has 0 heterocycles. The maximum absolute atomic E-state index is 11.7. The first-order valence-electron chi connectivity index (χ1n) is 5.54. The molecular formula is C10H18F2N2O3. The Bertz CT molecular complexity index is 238. The monoisotopic (exact) mass is 252 g/mol. The van der Waals surface area contributed by atoms with Crippen LogP contribution < -0.4 is 10.6 Å². The Morgan fingerprint density at radius 1 is 1.06 bits per heavy atom. The van der Waals surface area contributed by atoms with E-state index >= 15 is 0 Å². The lowest BCUT2D eigenvalue weighted by Gasteiger charge is -2.06. The van der Waals surface area contributed by atoms with Gasteiger partial charge >= 0.3 is 12.0 Å². The molecule has 3 N–H and O–H groups in total. The van der Waals surface area contributed by atoms with Crippen LogP contribution in [0.2, 0.25) is 0 Å². The second kappa shape index (κ2) is 9.80. The van der Waals surface area contributed by atoms with Gasteiger partial charge in [-0.15, -0.1) is 0 Å². The number of nitrogens with one attached hydrogen (secondary N) is 2. The second-order valence-electron chi connectivity index (χ2n) is 3.59. The number of carbonyl (C=O) groups excluding carboxylic acids is 1. The molecule has 0 atom stereocenters. The van der Waals surface area contributed by atoms with Gasteiger partial charge in [0.15, 0.2) is 0 Å². The molecule has 2 amide bonds. The third-order valence-corrected chi connectivity index (χ3v) is 2.02. The van der Waals surface area contributed by atoms with Gasteiger partial charge < -0.3 is 15.7 Å². The number of carboxylic acids is 1. The predicted octanol–water partition coefficient (Wildman–Crippen LogP) is 1.59. The maximum atomic E-state index is 11.7. The van der Waals surface area contributed by atoms with Gasteiger partial charge in [0.1, 0.15) is 0 Å². The molecule has 0 aromatic rings. The second-order valence-corrected chi connectivity index (χ2v) is 3.59. The number of amides is 2. The highest BCUT2D eigenvalue weighted by atomic mass is 19.3. The highest BCUT2D eigenvalue weighted by Crippen LogP contribution is 2.01. The number of halogens is 2. The maximum Gasteiger partial charge on any atom is 0.314 e. The number of carbonyl (C=O) groups is 2. The minimum atomic E-state index is -2.54. The van der Waals surface area contributed by atoms with Crippen LogP contribution in [0.3, 0.4) is 0 Å². The van der Waals surface area contributed by atoms with Crippen LogP contribution in [0.4, 0.5) is 13.6 Å². The van der Waals surface area contributed by atoms with Crippen LogP contribution >= 0.6 is 0 Å². The molecule has 0 spiro atoms. The molecule has 100 valence electrons. The van der Waals surface area contributed by atoms with Gasteiger partial charge in [0.2, 0.25) is 0 Å². The van der Waals surface area contributed by atoms with E-state index < -0.39 is 25.0 Å². The zero-order valence-corrected chi connectivity index (χ0v) is 9.55. The molecule has 0 aromatic carbocycles. The Morgan fingerprint density at radius 2 is 1.71 bits per heavy atom. The lowest BCUT2D eigenvalue weighted by atomic mass is 10.1. The van der Waals surface area contributed by atoms with E-state index in [0.717, 1.165) is 12.8 Å². The highest BCUT2D eigenvalue weighted by Gasteiger charge is 2.04. The quantitative estimate of drug-likeness (QED) is 0.545. The van der Waals surface area contributed by atoms with E-state index in [4.69, 9.17) is 5.11 Å². The molecule has 5 nitrogen and oxygen atoms in total. The molecule has 0 bridgehead atoms. The van der Waals surface area contributed by atoms with Crippen molar-refractivity contribution < 1.29 is 23.5 Å². The van der Waals surface area contributed by atoms with E-state index in [1.165, 1.54) is 0 Å². The van der Waals surface area contributed by atoms with Gasteiger partial charge in [0, 0.05) is 13.0 Å². The standard InChI is InChI=1S/C10H18F2N2O3/c11-8(12)7-14-10(17)13-6-4-2-1-3-5-9(15)16/h8H,1-7H2,(H,15,16)(H2,13,14,17). The molecule has 17 heavy (non-hydrogen) atoms. The Morgan fingerprint density at radius 3 is 2.29 bits per heavy atom. The fourth-order valence-electron chi connectivity index (χ4n) is 1.19. The predicted molar refractivity (Wildman–Crippen MR) is 58.1 cm³/mol. The SMILES string of the molecule is O=C(O)CCCCCCNC(=O)NCC(F)F. The van der Waals surface area contributed by atoms with E-state index in [9.17, 15) is 18.4 Å². The lowest BCUT2D eigenvalue weighted by molar-refractivity contribution is -0.137. The summed E-state index contributed by atoms with van der Waals surface area (Å²) in [5.74, 6) is -0.811. The van der Waals surface area contributed by atoms with E-state index in [-0.39, 0.29) is 6.42 Å². The van der Waals surface area contributed by atoms with Crippen molar-refractivity contribution >= 4 is 12.0 Å². The molecular weight excluding hydrogens is 234 g/mol. The van der Waals surface area contributed by atoms with Gasteiger partial charge in [-0.2, -0.15) is 0 Å². The van der Waals surface area contributed by atoms with Crippen molar-refractivity contribution in [3.63, 3.8) is 0 Å². The first kappa shape index (κ1) is 15.6. The summed E-state index contributed by atoms with van der Waals surface area (Å²) in [5, 5.41) is 12.8. The fourth-order valence-corrected chi connectivity index (χ4v) is 1.19. The van der Waals surface area contributed by atoms with E-state index in [1.807, 2.05) is 5.32 Å². The zero-order valence-electron chi connectivity index (χ0n) is 9.55. The number of hydrogen-bond donors (Lipinski definition) is 3. The first-order valence-corrected chi connectivity index (χ1v) is 5.54. The average molecular weight is 252 g/mol. The van der Waals surface area contributed by atoms with E-state index in [0.29, 0.717) is 19.4 Å². The summed E-state index contributed by atoms with van der Waals surface area (Å²) in [6.45, 7) is -0.243. The molecule has 0 rings (SSSR count). The van der Waals surface area contributed by atoms with Gasteiger partial charge in [0.25, 0.3) is 6.43 Å². The fraction of sp³-hybridized carbons (Fsp3) is 0.800. The number of rotatable bonds is 9. The van der Waals surface area contributed by atoms with Crippen LogP contribution in [0, 0.1) is 0 Å². The summed E-state index contributed by atoms with van der Waals surface area (Å²) in [7, 11) is 0. The molecule has 0 saturated carbocycles. The third kappa shape index (κ3) is 12.5. The molecule has 0 aliphatic heterocycles. The summed E-state index contributed by atoms with van der Waals surface area (Å²) in [6.07, 6.45) is 0.531. The molecule has 7 heteroatoms. The number of unbranched alkanes of at least 4 members (excludes halogenated alkanes) is 3. The van der Waals surface area contributed by atoms with Crippen LogP contribution in [0.5, 0.6) is 0 Å². The van der Waals surface area contributed by atoms with Crippen LogP contribution in [-0.2, 0) is 4.79 Å². The Labute approximate surface area is 98.6 Å². The van der Waals surface area contributed by atoms with Crippen LogP contribution in [0.25, 0.3) is 0 Å². The summed E-state index contributed by atoms with van der Waals surface area (Å²) in [5.41, 5.74) is 0. The van der Waals surface area contributed by atoms with Crippen molar-refractivity contribution in [1.29, 1.82) is 0 Å². The van der Waals surface area contributed by atoms with Crippen LogP contribution in [0.1, 0.15) is 32.1 Å². The van der Waals surface area contributed by atoms with Crippen molar-refractivity contribution in [1.82, 2.24) is 10.6 Å². The minimum Gasteiger partial charge on any atom is -0.481 e. The van der Waals surface area contributed by atoms with Crippen molar-refractivity contribution in [3.8, 4) is 0 Å². The van der Waals surface area contributed by atoms with Gasteiger partial charge in [-0.25, -0.2) is 13.6 Å². The van der Waals surface area contributed by atoms with Crippen molar-refractivity contribution in [2.75, 3.05) is 13.1 Å². The number of urea groups is 1. The molecule has 0 aromatic heterocycles. The molecule has 0 radical (unpaired) electrons. The molecule has 0 saturated heterocycles. The van der Waals surface area contributed by atoms with Gasteiger partial charge in [-0.1, -0.05) is 12.8 Å². The largest absolute Gasteiger partial charge is 0.481 e. The summed E-state index contributed by atoms with van der Waals surface area (Å²) in [4.78, 5) is 21.1. The number of aliphatic carboxylic acids is 1. The summed E-state index contributed by atoms with van der Waals surface area (Å²) < 4.78 is 23.4. The summed E-state index contributed by atoms with van der Waals surface area (Å²) >= 11 is 0. The Hall–Kier alpha value is -1.40. The third-order valence-electron chi connectivity index (χ3n) is 2.02. The Kier molecular flexibility index (Phi) is 8.99. The lowest BCUT2D eigenvalue weighted by Crippen LogP contribution is -2.38. The number of hydrogen-bond acceptors (Lipinski definition) is 2. The Balaban J connectivity index is 3.22. The van der Waals surface area contributed by atoms with Gasteiger partial charge in [-0.3, -0.25) is 4.79 Å². The number of alkyl halides is 2. The minimum absolute atomic E-state index is 0.155. The first-order chi connectivity index (χ1) is 8.02. The van der Waals surface area contributed by atoms with Gasteiger partial charge in [0.05, 0.1) is 6.54 Å². The summed E-state index contributed by atoms with van der Waals surface area (Å²) in [6, 6.07) is -0.601. The number of carboxylic acid groups (broad SMARTS) is 1. The zero-order chi connectivity index (χ0) is 13.1. The van der Waals surface area contributed by atoms with Gasteiger partial charge in [-0.05, 0) is 12.8 Å². The van der Waals surface area contributed by atoms with Crippen molar-refractivity contribution in [3.05, 3.63) is 0 Å². The van der Waals surface area contributed by atoms with E-state index in [1.54, 1.807) is 0 Å². The topological polar surface area (TPSA) is 78.4 Å². The molecule has 0 fully saturated rings. The molecule has 0 aliphatic rings. The van der Waals surface area contributed by atoms with E-state index in [2.05, 4.69) is 5.32 Å². The average Bonchev–Trinajstić information content (AvgIpc) is 2.24. The molecule has 0 unspecified atom stereocenters. The van der Waals surface area contributed by atoms with Crippen LogP contribution in [0.15, 0.2) is 0 Å². The normalized spacial score (nSPS) is 10.3. The van der Waals surface area contributed by atoms with Crippen LogP contribution in [-0.4, -0.2) is 36.6 Å².